The Balaban J connectivity index is 2.04. The Morgan fingerprint density at radius 2 is 1.89 bits per heavy atom. The number of hydrogen-bond acceptors (Lipinski definition) is 3. The molecule has 0 amide bonds. The summed E-state index contributed by atoms with van der Waals surface area (Å²) < 4.78 is 0. The molecule has 4 nitrogen and oxygen atoms in total. The molecular formula is C14H12N2O2. The predicted molar refractivity (Wildman–Crippen MR) is 71.1 cm³/mol. The highest BCUT2D eigenvalue weighted by Crippen LogP contribution is 2.10. The maximum Gasteiger partial charge on any atom is 0.335 e. The van der Waals surface area contributed by atoms with Crippen molar-refractivity contribution in [3.8, 4) is 0 Å². The summed E-state index contributed by atoms with van der Waals surface area (Å²) in [6.07, 6.45) is 1.67. The summed E-state index contributed by atoms with van der Waals surface area (Å²) in [5.74, 6) is -0.953. The summed E-state index contributed by atoms with van der Waals surface area (Å²) in [4.78, 5) is 10.8. The number of aromatic carboxylic acids is 1. The minimum absolute atomic E-state index is 0.231. The van der Waals surface area contributed by atoms with Crippen LogP contribution in [0.25, 0.3) is 0 Å². The maximum absolute atomic E-state index is 10.8. The molecule has 0 bridgehead atoms. The van der Waals surface area contributed by atoms with Gasteiger partial charge in [0.15, 0.2) is 0 Å². The molecule has 0 aliphatic rings. The van der Waals surface area contributed by atoms with Crippen molar-refractivity contribution < 1.29 is 9.90 Å². The standard InChI is InChI=1S/C14H12N2O2/c17-14(18)12-7-4-8-13(9-12)16-15-10-11-5-2-1-3-6-11/h1-10,16H,(H,17,18)/b15-10-. The number of hydrogen-bond donors (Lipinski definition) is 2. The van der Waals surface area contributed by atoms with E-state index in [0.717, 1.165) is 5.56 Å². The second-order valence-corrected chi connectivity index (χ2v) is 3.67. The lowest BCUT2D eigenvalue weighted by molar-refractivity contribution is 0.0697. The van der Waals surface area contributed by atoms with Gasteiger partial charge in [-0.25, -0.2) is 4.79 Å². The predicted octanol–water partition coefficient (Wildman–Crippen LogP) is 2.83. The third kappa shape index (κ3) is 3.18. The fourth-order valence-electron chi connectivity index (χ4n) is 1.44. The van der Waals surface area contributed by atoms with Gasteiger partial charge in [-0.05, 0) is 23.8 Å². The first-order chi connectivity index (χ1) is 8.75. The number of benzene rings is 2. The van der Waals surface area contributed by atoms with E-state index in [1.54, 1.807) is 18.3 Å². The van der Waals surface area contributed by atoms with Gasteiger partial charge in [-0.15, -0.1) is 0 Å². The smallest absolute Gasteiger partial charge is 0.335 e. The lowest BCUT2D eigenvalue weighted by atomic mass is 10.2. The molecule has 0 radical (unpaired) electrons. The topological polar surface area (TPSA) is 61.7 Å². The SMILES string of the molecule is O=C(O)c1cccc(N/N=C\c2ccccc2)c1. The number of hydrazone groups is 1. The van der Waals surface area contributed by atoms with E-state index in [1.807, 2.05) is 30.3 Å². The number of carboxylic acids is 1. The van der Waals surface area contributed by atoms with Crippen LogP contribution in [0.4, 0.5) is 5.69 Å². The highest BCUT2D eigenvalue weighted by molar-refractivity contribution is 5.88. The minimum Gasteiger partial charge on any atom is -0.478 e. The van der Waals surface area contributed by atoms with Crippen molar-refractivity contribution in [3.05, 3.63) is 65.7 Å². The van der Waals surface area contributed by atoms with E-state index in [0.29, 0.717) is 5.69 Å². The summed E-state index contributed by atoms with van der Waals surface area (Å²) in [7, 11) is 0. The van der Waals surface area contributed by atoms with Gasteiger partial charge in [0.05, 0.1) is 17.5 Å². The third-order valence-corrected chi connectivity index (χ3v) is 2.32. The normalized spacial score (nSPS) is 10.4. The monoisotopic (exact) mass is 240 g/mol. The second kappa shape index (κ2) is 5.63. The van der Waals surface area contributed by atoms with Crippen molar-refractivity contribution in [2.45, 2.75) is 0 Å². The van der Waals surface area contributed by atoms with E-state index in [9.17, 15) is 4.79 Å². The maximum atomic E-state index is 10.8. The van der Waals surface area contributed by atoms with Crippen molar-refractivity contribution in [2.75, 3.05) is 5.43 Å². The number of carbonyl (C=O) groups is 1. The summed E-state index contributed by atoms with van der Waals surface area (Å²) in [5.41, 5.74) is 4.64. The Kier molecular flexibility index (Phi) is 3.71. The van der Waals surface area contributed by atoms with Gasteiger partial charge in [-0.1, -0.05) is 36.4 Å². The van der Waals surface area contributed by atoms with Crippen molar-refractivity contribution >= 4 is 17.9 Å². The van der Waals surface area contributed by atoms with Crippen LogP contribution in [0.15, 0.2) is 59.7 Å². The molecular weight excluding hydrogens is 228 g/mol. The van der Waals surface area contributed by atoms with E-state index in [4.69, 9.17) is 5.11 Å². The van der Waals surface area contributed by atoms with Gasteiger partial charge in [0, 0.05) is 0 Å². The molecule has 2 N–H and O–H groups in total. The third-order valence-electron chi connectivity index (χ3n) is 2.32. The molecule has 0 saturated heterocycles. The number of nitrogens with one attached hydrogen (secondary N) is 1. The van der Waals surface area contributed by atoms with Gasteiger partial charge in [0.2, 0.25) is 0 Å². The largest absolute Gasteiger partial charge is 0.478 e. The lowest BCUT2D eigenvalue weighted by Crippen LogP contribution is -1.97. The van der Waals surface area contributed by atoms with Crippen molar-refractivity contribution in [3.63, 3.8) is 0 Å². The zero-order chi connectivity index (χ0) is 12.8. The molecule has 0 fully saturated rings. The molecule has 0 atom stereocenters. The summed E-state index contributed by atoms with van der Waals surface area (Å²) >= 11 is 0. The van der Waals surface area contributed by atoms with Crippen LogP contribution in [0.5, 0.6) is 0 Å². The molecule has 0 unspecified atom stereocenters. The molecule has 0 aliphatic heterocycles. The number of anilines is 1. The fraction of sp³-hybridized carbons (Fsp3) is 0. The Hall–Kier alpha value is -2.62. The van der Waals surface area contributed by atoms with Crippen molar-refractivity contribution in [1.82, 2.24) is 0 Å². The molecule has 90 valence electrons. The highest BCUT2D eigenvalue weighted by Gasteiger charge is 2.01. The van der Waals surface area contributed by atoms with Gasteiger partial charge in [-0.2, -0.15) is 5.10 Å². The molecule has 0 aromatic heterocycles. The molecule has 0 spiro atoms. The van der Waals surface area contributed by atoms with Gasteiger partial charge in [0.1, 0.15) is 0 Å². The first-order valence-corrected chi connectivity index (χ1v) is 5.43. The van der Waals surface area contributed by atoms with Gasteiger partial charge < -0.3 is 5.11 Å². The minimum atomic E-state index is -0.953. The van der Waals surface area contributed by atoms with Crippen LogP contribution in [0.2, 0.25) is 0 Å². The van der Waals surface area contributed by atoms with E-state index in [-0.39, 0.29) is 5.56 Å². The molecule has 18 heavy (non-hydrogen) atoms. The molecule has 0 saturated carbocycles. The summed E-state index contributed by atoms with van der Waals surface area (Å²) in [6, 6.07) is 16.1. The molecule has 0 heterocycles. The average molecular weight is 240 g/mol. The van der Waals surface area contributed by atoms with E-state index >= 15 is 0 Å². The summed E-state index contributed by atoms with van der Waals surface area (Å²) in [6.45, 7) is 0. The quantitative estimate of drug-likeness (QED) is 0.638. The van der Waals surface area contributed by atoms with Crippen LogP contribution in [-0.2, 0) is 0 Å². The molecule has 0 aliphatic carbocycles. The van der Waals surface area contributed by atoms with Crippen LogP contribution in [0.1, 0.15) is 15.9 Å². The van der Waals surface area contributed by atoms with E-state index < -0.39 is 5.97 Å². The Bertz CT molecular complexity index is 565. The van der Waals surface area contributed by atoms with Crippen LogP contribution in [-0.4, -0.2) is 17.3 Å². The van der Waals surface area contributed by atoms with Crippen LogP contribution < -0.4 is 5.43 Å². The Morgan fingerprint density at radius 1 is 1.11 bits per heavy atom. The number of nitrogens with zero attached hydrogens (tertiary/aromatic N) is 1. The zero-order valence-electron chi connectivity index (χ0n) is 9.58. The van der Waals surface area contributed by atoms with Crippen LogP contribution >= 0.6 is 0 Å². The Morgan fingerprint density at radius 3 is 2.61 bits per heavy atom. The van der Waals surface area contributed by atoms with Gasteiger partial charge in [0.25, 0.3) is 0 Å². The van der Waals surface area contributed by atoms with E-state index in [2.05, 4.69) is 10.5 Å². The summed E-state index contributed by atoms with van der Waals surface area (Å²) in [5, 5.41) is 12.9. The molecule has 2 rings (SSSR count). The first-order valence-electron chi connectivity index (χ1n) is 5.43. The molecule has 4 heteroatoms. The first kappa shape index (κ1) is 11.9. The fourth-order valence-corrected chi connectivity index (χ4v) is 1.44. The van der Waals surface area contributed by atoms with Gasteiger partial charge >= 0.3 is 5.97 Å². The molecule has 2 aromatic carbocycles. The Labute approximate surface area is 105 Å². The number of rotatable bonds is 4. The lowest BCUT2D eigenvalue weighted by Gasteiger charge is -2.01. The average Bonchev–Trinajstić information content (AvgIpc) is 2.40. The molecule has 2 aromatic rings. The zero-order valence-corrected chi connectivity index (χ0v) is 9.58. The van der Waals surface area contributed by atoms with Crippen LogP contribution in [0.3, 0.4) is 0 Å². The van der Waals surface area contributed by atoms with Gasteiger partial charge in [-0.3, -0.25) is 5.43 Å². The van der Waals surface area contributed by atoms with Crippen LogP contribution in [0, 0.1) is 0 Å². The van der Waals surface area contributed by atoms with E-state index in [1.165, 1.54) is 12.1 Å². The van der Waals surface area contributed by atoms with Crippen molar-refractivity contribution in [1.29, 1.82) is 0 Å². The second-order valence-electron chi connectivity index (χ2n) is 3.67. The highest BCUT2D eigenvalue weighted by atomic mass is 16.4. The number of carboxylic acid groups (broad SMARTS) is 1. The van der Waals surface area contributed by atoms with Crippen molar-refractivity contribution in [2.24, 2.45) is 5.10 Å².